The summed E-state index contributed by atoms with van der Waals surface area (Å²) in [6, 6.07) is 0. The van der Waals surface area contributed by atoms with Gasteiger partial charge in [-0.1, -0.05) is 12.2 Å². The van der Waals surface area contributed by atoms with E-state index in [9.17, 15) is 0 Å². The van der Waals surface area contributed by atoms with E-state index in [1.54, 1.807) is 0 Å². The maximum Gasteiger partial charge on any atom is 0.128 e. The summed E-state index contributed by atoms with van der Waals surface area (Å²) in [5.74, 6) is 0. The zero-order valence-electron chi connectivity index (χ0n) is 24.8. The van der Waals surface area contributed by atoms with Crippen molar-refractivity contribution in [3.05, 3.63) is 0 Å². The molecule has 17 heteroatoms. The Labute approximate surface area is 261 Å². The molecule has 0 aromatic carbocycles. The van der Waals surface area contributed by atoms with Gasteiger partial charge in [-0.05, 0) is 0 Å². The van der Waals surface area contributed by atoms with Crippen LogP contribution in [0.15, 0.2) is 0 Å². The number of rotatable bonds is 32. The van der Waals surface area contributed by atoms with Crippen molar-refractivity contribution in [2.75, 3.05) is 159 Å². The third-order valence-electron chi connectivity index (χ3n) is 3.92. The molecule has 0 amide bonds. The Bertz CT molecular complexity index is 407. The molecular weight excluding hydrogens is 602 g/mol. The van der Waals surface area contributed by atoms with Crippen LogP contribution in [-0.2, 0) is 47.4 Å². The molecule has 0 aromatic rings. The van der Waals surface area contributed by atoms with Crippen molar-refractivity contribution in [3.8, 4) is 0 Å². The molecular formula is C25H55NO14S2. The monoisotopic (exact) mass is 657 g/mol. The highest BCUT2D eigenvalue weighted by molar-refractivity contribution is 8.10. The molecule has 0 unspecified atom stereocenters. The van der Waals surface area contributed by atoms with Gasteiger partial charge < -0.3 is 73.5 Å². The lowest BCUT2D eigenvalue weighted by Crippen LogP contribution is -2.14. The maximum atomic E-state index is 8.45. The molecule has 0 bridgehead atoms. The van der Waals surface area contributed by atoms with Crippen molar-refractivity contribution in [2.24, 2.45) is 5.73 Å². The van der Waals surface area contributed by atoms with E-state index < -0.39 is 0 Å². The molecule has 15 nitrogen and oxygen atoms in total. The van der Waals surface area contributed by atoms with Crippen molar-refractivity contribution in [3.63, 3.8) is 0 Å². The van der Waals surface area contributed by atoms with E-state index in [1.165, 1.54) is 0 Å². The van der Waals surface area contributed by atoms with Crippen molar-refractivity contribution < 1.29 is 67.8 Å². The summed E-state index contributed by atoms with van der Waals surface area (Å²) < 4.78 is 51.8. The highest BCUT2D eigenvalue weighted by Crippen LogP contribution is 1.85. The molecule has 0 heterocycles. The third-order valence-corrected chi connectivity index (χ3v) is 3.92. The van der Waals surface area contributed by atoms with E-state index in [1.807, 2.05) is 0 Å². The van der Waals surface area contributed by atoms with Crippen LogP contribution < -0.4 is 5.73 Å². The van der Waals surface area contributed by atoms with Gasteiger partial charge in [0.25, 0.3) is 0 Å². The number of ether oxygens (including phenoxy) is 10. The van der Waals surface area contributed by atoms with Gasteiger partial charge >= 0.3 is 0 Å². The Morgan fingerprint density at radius 3 is 0.548 bits per heavy atom. The molecule has 0 atom stereocenters. The minimum absolute atomic E-state index is 0.0359. The Hall–Kier alpha value is -0.320. The average Bonchev–Trinajstić information content (AvgIpc) is 2.97. The van der Waals surface area contributed by atoms with Crippen LogP contribution in [0.5, 0.6) is 0 Å². The first-order valence-corrected chi connectivity index (χ1v) is 14.6. The predicted molar refractivity (Wildman–Crippen MR) is 162 cm³/mol. The SMILES string of the molecule is NC(=S)S.OCCOCCOCCOCCOCCOCCO.OCCOCCOCCOCCOCCOCCO. The van der Waals surface area contributed by atoms with Crippen molar-refractivity contribution in [1.82, 2.24) is 0 Å². The lowest BCUT2D eigenvalue weighted by molar-refractivity contribution is -0.0151. The average molecular weight is 658 g/mol. The van der Waals surface area contributed by atoms with Gasteiger partial charge in [0.1, 0.15) is 4.32 Å². The number of aliphatic hydroxyl groups excluding tert-OH is 4. The highest BCUT2D eigenvalue weighted by Gasteiger charge is 1.94. The fourth-order valence-electron chi connectivity index (χ4n) is 2.22. The maximum absolute atomic E-state index is 8.45. The number of nitrogens with two attached hydrogens (primary N) is 1. The van der Waals surface area contributed by atoms with E-state index in [-0.39, 0.29) is 30.7 Å². The van der Waals surface area contributed by atoms with Gasteiger partial charge in [0.15, 0.2) is 0 Å². The largest absolute Gasteiger partial charge is 0.394 e. The van der Waals surface area contributed by atoms with Gasteiger partial charge in [-0.25, -0.2) is 0 Å². The van der Waals surface area contributed by atoms with Gasteiger partial charge in [0.2, 0.25) is 0 Å². The second-order valence-electron chi connectivity index (χ2n) is 7.36. The van der Waals surface area contributed by atoms with Crippen LogP contribution in [0.2, 0.25) is 0 Å². The van der Waals surface area contributed by atoms with Crippen LogP contribution >= 0.6 is 24.8 Å². The molecule has 0 aliphatic carbocycles. The summed E-state index contributed by atoms with van der Waals surface area (Å²) >= 11 is 7.65. The molecule has 0 fully saturated rings. The highest BCUT2D eigenvalue weighted by atomic mass is 32.1. The first-order chi connectivity index (χ1) is 20.6. The summed E-state index contributed by atoms with van der Waals surface area (Å²) in [5.41, 5.74) is 4.71. The van der Waals surface area contributed by atoms with E-state index >= 15 is 0 Å². The van der Waals surface area contributed by atoms with Gasteiger partial charge in [0.05, 0.1) is 159 Å². The Morgan fingerprint density at radius 1 is 0.357 bits per heavy atom. The molecule has 6 N–H and O–H groups in total. The molecule has 0 radical (unpaired) electrons. The van der Waals surface area contributed by atoms with Gasteiger partial charge in [0, 0.05) is 0 Å². The van der Waals surface area contributed by atoms with Crippen LogP contribution in [0.3, 0.4) is 0 Å². The lowest BCUT2D eigenvalue weighted by Gasteiger charge is -2.07. The summed E-state index contributed by atoms with van der Waals surface area (Å²) in [4.78, 5) is 0. The first-order valence-electron chi connectivity index (χ1n) is 13.8. The quantitative estimate of drug-likeness (QED) is 0.0271. The summed E-state index contributed by atoms with van der Waals surface area (Å²) in [6.07, 6.45) is 0. The third kappa shape index (κ3) is 59.2. The molecule has 0 saturated carbocycles. The fraction of sp³-hybridized carbons (Fsp3) is 0.960. The Balaban J connectivity index is -0.000000641. The predicted octanol–water partition coefficient (Wildman–Crippen LogP) is -1.73. The Kier molecular flexibility index (Phi) is 52.3. The van der Waals surface area contributed by atoms with Crippen molar-refractivity contribution in [2.45, 2.75) is 0 Å². The van der Waals surface area contributed by atoms with E-state index in [0.717, 1.165) is 0 Å². The van der Waals surface area contributed by atoms with Crippen LogP contribution in [0.4, 0.5) is 0 Å². The second-order valence-corrected chi connectivity index (χ2v) is 8.58. The van der Waals surface area contributed by atoms with E-state index in [2.05, 4.69) is 24.8 Å². The smallest absolute Gasteiger partial charge is 0.128 e. The molecule has 0 rings (SSSR count). The topological polar surface area (TPSA) is 199 Å². The molecule has 42 heavy (non-hydrogen) atoms. The lowest BCUT2D eigenvalue weighted by atomic mass is 10.7. The summed E-state index contributed by atoms with van der Waals surface area (Å²) in [7, 11) is 0. The van der Waals surface area contributed by atoms with Crippen molar-refractivity contribution >= 4 is 29.2 Å². The van der Waals surface area contributed by atoms with Crippen LogP contribution in [0, 0.1) is 0 Å². The van der Waals surface area contributed by atoms with E-state index in [4.69, 9.17) is 73.5 Å². The fourth-order valence-corrected chi connectivity index (χ4v) is 2.22. The number of hydrogen-bond acceptors (Lipinski definition) is 15. The summed E-state index contributed by atoms with van der Waals surface area (Å²) in [5, 5.41) is 33.8. The first kappa shape index (κ1) is 46.1. The molecule has 0 saturated heterocycles. The molecule has 0 aromatic heterocycles. The minimum atomic E-state index is 0.0359. The molecule has 0 aliphatic rings. The molecule has 256 valence electrons. The minimum Gasteiger partial charge on any atom is -0.394 e. The normalized spacial score (nSPS) is 10.6. The van der Waals surface area contributed by atoms with Gasteiger partial charge in [-0.15, -0.1) is 12.6 Å². The zero-order chi connectivity index (χ0) is 31.6. The molecule has 0 aliphatic heterocycles. The zero-order valence-corrected chi connectivity index (χ0v) is 26.5. The molecule has 0 spiro atoms. The number of aliphatic hydroxyl groups is 4. The van der Waals surface area contributed by atoms with Crippen molar-refractivity contribution in [1.29, 1.82) is 0 Å². The number of thiol groups is 1. The van der Waals surface area contributed by atoms with Gasteiger partial charge in [-0.3, -0.25) is 0 Å². The number of hydrogen-bond donors (Lipinski definition) is 6. The van der Waals surface area contributed by atoms with Crippen LogP contribution in [0.25, 0.3) is 0 Å². The second kappa shape index (κ2) is 47.6. The summed E-state index contributed by atoms with van der Waals surface area (Å²) in [6.45, 7) is 9.61. The standard InChI is InChI=1S/2C12H26O7.CH3NS2/c2*13-1-3-15-5-7-17-9-11-19-12-10-18-8-6-16-4-2-14;2-1(3)4/h2*13-14H,1-12H2;(H3,2,3,4). The van der Waals surface area contributed by atoms with Gasteiger partial charge in [-0.2, -0.15) is 0 Å². The number of thiocarbonyl (C=S) groups is 1. The van der Waals surface area contributed by atoms with Crippen LogP contribution in [0.1, 0.15) is 0 Å². The van der Waals surface area contributed by atoms with E-state index in [0.29, 0.717) is 132 Å². The van der Waals surface area contributed by atoms with Crippen LogP contribution in [-0.4, -0.2) is 183 Å². The Morgan fingerprint density at radius 2 is 0.452 bits per heavy atom.